The van der Waals surface area contributed by atoms with Gasteiger partial charge in [-0.25, -0.2) is 0 Å². The minimum atomic E-state index is -1.14. The molecule has 0 aliphatic rings. The Hall–Kier alpha value is -2.45. The molecule has 0 N–H and O–H groups in total. The van der Waals surface area contributed by atoms with Crippen LogP contribution >= 0.6 is 7.26 Å². The van der Waals surface area contributed by atoms with Crippen molar-refractivity contribution in [1.29, 1.82) is 0 Å². The molecule has 0 saturated heterocycles. The van der Waals surface area contributed by atoms with Gasteiger partial charge in [-0.05, 0) is 36.4 Å². The summed E-state index contributed by atoms with van der Waals surface area (Å²) in [6, 6.07) is 25.6. The Labute approximate surface area is 208 Å². The van der Waals surface area contributed by atoms with E-state index >= 15 is 0 Å². The van der Waals surface area contributed by atoms with Crippen molar-refractivity contribution >= 4 is 29.8 Å². The van der Waals surface area contributed by atoms with E-state index in [0.29, 0.717) is 0 Å². The highest BCUT2D eigenvalue weighted by Crippen LogP contribution is 2.40. The number of hydrogen-bond acceptors (Lipinski definition) is 3. The second-order valence-electron chi connectivity index (χ2n) is 10.2. The molecular formula is C29H42BO3P. The van der Waals surface area contributed by atoms with Crippen LogP contribution in [-0.2, 0) is 0 Å². The van der Waals surface area contributed by atoms with Gasteiger partial charge in [0, 0.05) is 33.9 Å². The van der Waals surface area contributed by atoms with Crippen molar-refractivity contribution in [2.75, 3.05) is 48.0 Å². The highest BCUT2D eigenvalue weighted by Gasteiger charge is 2.29. The molecule has 0 aliphatic heterocycles. The molecule has 184 valence electrons. The van der Waals surface area contributed by atoms with Crippen LogP contribution in [0.3, 0.4) is 0 Å². The molecule has 0 amide bonds. The van der Waals surface area contributed by atoms with Crippen LogP contribution in [0.2, 0.25) is 6.32 Å². The van der Waals surface area contributed by atoms with Crippen LogP contribution in [-0.4, -0.2) is 54.1 Å². The Morgan fingerprint density at radius 2 is 0.824 bits per heavy atom. The average Bonchev–Trinajstić information content (AvgIpc) is 2.84. The van der Waals surface area contributed by atoms with Crippen LogP contribution in [0.15, 0.2) is 72.8 Å². The van der Waals surface area contributed by atoms with Crippen molar-refractivity contribution in [3.63, 3.8) is 0 Å². The zero-order valence-corrected chi connectivity index (χ0v) is 23.2. The van der Waals surface area contributed by atoms with E-state index in [1.165, 1.54) is 16.4 Å². The molecule has 0 saturated carbocycles. The van der Waals surface area contributed by atoms with Gasteiger partial charge in [-0.1, -0.05) is 56.2 Å². The lowest BCUT2D eigenvalue weighted by Crippen LogP contribution is -2.66. The molecule has 0 unspecified atom stereocenters. The van der Waals surface area contributed by atoms with Crippen molar-refractivity contribution in [2.24, 2.45) is 0 Å². The number of benzene rings is 3. The summed E-state index contributed by atoms with van der Waals surface area (Å²) in [5, 5.41) is 0. The monoisotopic (exact) mass is 480 g/mol. The van der Waals surface area contributed by atoms with Gasteiger partial charge >= 0.3 is 0 Å². The summed E-state index contributed by atoms with van der Waals surface area (Å²) < 4.78 is 16.2. The van der Waals surface area contributed by atoms with Gasteiger partial charge in [-0.2, -0.15) is 22.7 Å². The van der Waals surface area contributed by atoms with E-state index in [1.807, 2.05) is 0 Å². The molecule has 0 atom stereocenters. The lowest BCUT2D eigenvalue weighted by atomic mass is 9.14. The van der Waals surface area contributed by atoms with Crippen LogP contribution < -0.4 is 30.6 Å². The van der Waals surface area contributed by atoms with E-state index in [0.717, 1.165) is 36.4 Å². The van der Waals surface area contributed by atoms with Crippen LogP contribution in [0.5, 0.6) is 17.2 Å². The highest BCUT2D eigenvalue weighted by atomic mass is 31.2. The summed E-state index contributed by atoms with van der Waals surface area (Å²) in [6.07, 6.45) is 2.22. The van der Waals surface area contributed by atoms with E-state index < -0.39 is 6.15 Å². The number of ether oxygens (including phenoxy) is 3. The van der Waals surface area contributed by atoms with Crippen molar-refractivity contribution in [3.8, 4) is 17.2 Å². The Morgan fingerprint density at radius 3 is 1.03 bits per heavy atom. The largest absolute Gasteiger partial charge is 0.497 e. The number of unbranched alkanes of at least 4 members (excludes halogenated alkanes) is 1. The SMILES string of the molecule is CCCC[B-](c1ccc(OC)cc1)(c1ccc(OC)cc1)c1ccc(OC)cc1.C[P+](C)(C)C. The summed E-state index contributed by atoms with van der Waals surface area (Å²) in [7, 11) is 4.73. The zero-order valence-electron chi connectivity index (χ0n) is 22.3. The maximum atomic E-state index is 5.41. The third-order valence-corrected chi connectivity index (χ3v) is 6.05. The smallest absolute Gasteiger partial charge is 0.118 e. The second kappa shape index (κ2) is 12.9. The second-order valence-corrected chi connectivity index (χ2v) is 15.6. The van der Waals surface area contributed by atoms with E-state index in [4.69, 9.17) is 14.2 Å². The van der Waals surface area contributed by atoms with Crippen molar-refractivity contribution in [1.82, 2.24) is 0 Å². The van der Waals surface area contributed by atoms with Crippen molar-refractivity contribution < 1.29 is 14.2 Å². The van der Waals surface area contributed by atoms with E-state index in [1.54, 1.807) is 21.3 Å². The van der Waals surface area contributed by atoms with Gasteiger partial charge in [0.2, 0.25) is 0 Å². The van der Waals surface area contributed by atoms with Gasteiger partial charge in [0.1, 0.15) is 17.2 Å². The van der Waals surface area contributed by atoms with Crippen molar-refractivity contribution in [2.45, 2.75) is 26.1 Å². The summed E-state index contributed by atoms with van der Waals surface area (Å²) in [5.41, 5.74) is 3.94. The quantitative estimate of drug-likeness (QED) is 0.299. The molecule has 3 nitrogen and oxygen atoms in total. The minimum absolute atomic E-state index is 0.389. The van der Waals surface area contributed by atoms with Gasteiger partial charge < -0.3 is 14.2 Å². The van der Waals surface area contributed by atoms with Gasteiger partial charge in [0.15, 0.2) is 0 Å². The topological polar surface area (TPSA) is 27.7 Å². The highest BCUT2D eigenvalue weighted by molar-refractivity contribution is 7.73. The molecule has 0 radical (unpaired) electrons. The first-order chi connectivity index (χ1) is 16.2. The molecule has 3 aromatic carbocycles. The molecule has 34 heavy (non-hydrogen) atoms. The fraction of sp³-hybridized carbons (Fsp3) is 0.379. The molecule has 0 fully saturated rings. The molecule has 0 bridgehead atoms. The van der Waals surface area contributed by atoms with E-state index in [9.17, 15) is 0 Å². The third-order valence-electron chi connectivity index (χ3n) is 6.05. The predicted octanol–water partition coefficient (Wildman–Crippen LogP) is 5.51. The number of hydrogen-bond donors (Lipinski definition) is 0. The summed E-state index contributed by atoms with van der Waals surface area (Å²) in [5.74, 6) is 2.62. The molecule has 5 heteroatoms. The van der Waals surface area contributed by atoms with Gasteiger partial charge in [0.05, 0.1) is 27.5 Å². The lowest BCUT2D eigenvalue weighted by Gasteiger charge is -2.43. The summed E-state index contributed by atoms with van der Waals surface area (Å²) in [4.78, 5) is 0. The Balaban J connectivity index is 0.000000739. The minimum Gasteiger partial charge on any atom is -0.497 e. The lowest BCUT2D eigenvalue weighted by molar-refractivity contribution is 0.415. The normalized spacial score (nSPS) is 11.3. The predicted molar refractivity (Wildman–Crippen MR) is 154 cm³/mol. The fourth-order valence-corrected chi connectivity index (χ4v) is 4.38. The Kier molecular flexibility index (Phi) is 10.5. The van der Waals surface area contributed by atoms with Gasteiger partial charge in [0.25, 0.3) is 0 Å². The maximum absolute atomic E-state index is 5.41. The fourth-order valence-electron chi connectivity index (χ4n) is 4.38. The average molecular weight is 480 g/mol. The van der Waals surface area contributed by atoms with Crippen LogP contribution in [0.1, 0.15) is 19.8 Å². The van der Waals surface area contributed by atoms with E-state index in [2.05, 4.69) is 106 Å². The van der Waals surface area contributed by atoms with Gasteiger partial charge in [-0.15, -0.1) is 0 Å². The molecule has 0 aliphatic carbocycles. The molecule has 0 heterocycles. The molecule has 3 aromatic rings. The van der Waals surface area contributed by atoms with Crippen LogP contribution in [0.4, 0.5) is 0 Å². The van der Waals surface area contributed by atoms with Crippen LogP contribution in [0.25, 0.3) is 0 Å². The number of rotatable bonds is 9. The van der Waals surface area contributed by atoms with Crippen molar-refractivity contribution in [3.05, 3.63) is 72.8 Å². The van der Waals surface area contributed by atoms with E-state index in [-0.39, 0.29) is 7.26 Å². The Morgan fingerprint density at radius 1 is 0.559 bits per heavy atom. The summed E-state index contributed by atoms with van der Waals surface area (Å²) >= 11 is 0. The van der Waals surface area contributed by atoms with Crippen LogP contribution in [0, 0.1) is 0 Å². The first kappa shape index (κ1) is 27.8. The number of methoxy groups -OCH3 is 3. The standard InChI is InChI=1S/C25H30BO3.C4H12P/c1-5-6-19-26(20-7-13-23(27-2)14-8-20,21-9-15-24(28-3)16-10-21)22-11-17-25(29-4)18-12-22;1-5(2,3)4/h7-18H,5-6,19H2,1-4H3;1-4H3/q-1;+1. The van der Waals surface area contributed by atoms with Gasteiger partial charge in [-0.3, -0.25) is 0 Å². The first-order valence-electron chi connectivity index (χ1n) is 12.1. The zero-order chi connectivity index (χ0) is 25.2. The maximum Gasteiger partial charge on any atom is 0.118 e. The third kappa shape index (κ3) is 7.53. The molecule has 0 spiro atoms. The molecular weight excluding hydrogens is 438 g/mol. The molecule has 3 rings (SSSR count). The first-order valence-corrected chi connectivity index (χ1v) is 15.6. The molecule has 0 aromatic heterocycles. The summed E-state index contributed by atoms with van der Waals surface area (Å²) in [6.45, 7) is 11.4. The Bertz CT molecular complexity index is 856.